The molecule has 0 aromatic heterocycles. The zero-order chi connectivity index (χ0) is 14.1. The van der Waals surface area contributed by atoms with E-state index >= 15 is 0 Å². The molecule has 1 aromatic carbocycles. The molecule has 3 N–H and O–H groups in total. The van der Waals surface area contributed by atoms with Gasteiger partial charge in [-0.05, 0) is 25.5 Å². The van der Waals surface area contributed by atoms with E-state index in [9.17, 15) is 13.2 Å². The zero-order valence-electron chi connectivity index (χ0n) is 10.8. The fraction of sp³-hybridized carbons (Fsp3) is 0.462. The lowest BCUT2D eigenvalue weighted by molar-refractivity contribution is -0.125. The largest absolute Gasteiger partial charge is 0.368 e. The third-order valence-electron chi connectivity index (χ3n) is 3.53. The van der Waals surface area contributed by atoms with Gasteiger partial charge in [-0.25, -0.2) is 8.42 Å². The summed E-state index contributed by atoms with van der Waals surface area (Å²) in [6.45, 7) is 2.59. The average molecular weight is 282 g/mol. The summed E-state index contributed by atoms with van der Waals surface area (Å²) in [6, 6.07) is 6.59. The molecule has 1 aliphatic heterocycles. The van der Waals surface area contributed by atoms with Crippen molar-refractivity contribution in [3.8, 4) is 0 Å². The summed E-state index contributed by atoms with van der Waals surface area (Å²) in [4.78, 5) is 12.1. The molecule has 0 bridgehead atoms. The van der Waals surface area contributed by atoms with E-state index in [0.717, 1.165) is 6.42 Å². The quantitative estimate of drug-likeness (QED) is 0.843. The van der Waals surface area contributed by atoms with Crippen molar-refractivity contribution in [2.75, 3.05) is 12.3 Å². The lowest BCUT2D eigenvalue weighted by Gasteiger charge is -2.37. The Labute approximate surface area is 113 Å². The van der Waals surface area contributed by atoms with E-state index in [4.69, 9.17) is 5.73 Å². The van der Waals surface area contributed by atoms with Gasteiger partial charge in [-0.1, -0.05) is 25.1 Å². The average Bonchev–Trinajstić information content (AvgIpc) is 2.38. The van der Waals surface area contributed by atoms with E-state index in [0.29, 0.717) is 12.1 Å². The topological polar surface area (TPSA) is 89.3 Å². The molecule has 6 heteroatoms. The van der Waals surface area contributed by atoms with Crippen LogP contribution in [0.4, 0.5) is 0 Å². The van der Waals surface area contributed by atoms with Gasteiger partial charge in [0.15, 0.2) is 9.84 Å². The molecular formula is C13H18N2O3S. The highest BCUT2D eigenvalue weighted by molar-refractivity contribution is 7.91. The Morgan fingerprint density at radius 1 is 1.42 bits per heavy atom. The highest BCUT2D eigenvalue weighted by Gasteiger charge is 2.45. The number of carbonyl (C=O) groups is 1. The number of amides is 1. The summed E-state index contributed by atoms with van der Waals surface area (Å²) in [5, 5.41) is 3.14. The van der Waals surface area contributed by atoms with Gasteiger partial charge in [0, 0.05) is 5.56 Å². The van der Waals surface area contributed by atoms with Crippen LogP contribution < -0.4 is 11.1 Å². The molecule has 0 saturated carbocycles. The van der Waals surface area contributed by atoms with Gasteiger partial charge >= 0.3 is 0 Å². The van der Waals surface area contributed by atoms with E-state index < -0.39 is 21.3 Å². The molecule has 5 nitrogen and oxygen atoms in total. The lowest BCUT2D eigenvalue weighted by atomic mass is 9.85. The number of rotatable bonds is 4. The summed E-state index contributed by atoms with van der Waals surface area (Å²) in [5.41, 5.74) is 4.95. The molecule has 0 radical (unpaired) electrons. The van der Waals surface area contributed by atoms with Gasteiger partial charge in [0.05, 0.1) is 10.6 Å². The molecule has 19 heavy (non-hydrogen) atoms. The standard InChI is InChI=1S/C13H18N2O3S/c1-2-8-15-13(12(14)16)7-9-19(17,18)11-6-4-3-5-10(11)13/h3-6,15H,2,7-9H2,1H3,(H2,14,16). The van der Waals surface area contributed by atoms with Crippen LogP contribution in [-0.2, 0) is 20.2 Å². The third-order valence-corrected chi connectivity index (χ3v) is 5.29. The van der Waals surface area contributed by atoms with E-state index in [1.165, 1.54) is 6.07 Å². The van der Waals surface area contributed by atoms with Crippen molar-refractivity contribution in [1.29, 1.82) is 0 Å². The zero-order valence-corrected chi connectivity index (χ0v) is 11.7. The number of hydrogen-bond acceptors (Lipinski definition) is 4. The third kappa shape index (κ3) is 2.26. The van der Waals surface area contributed by atoms with Crippen LogP contribution in [0.15, 0.2) is 29.2 Å². The van der Waals surface area contributed by atoms with Crippen LogP contribution in [0.5, 0.6) is 0 Å². The number of hydrogen-bond donors (Lipinski definition) is 2. The van der Waals surface area contributed by atoms with Crippen molar-refractivity contribution in [3.05, 3.63) is 29.8 Å². The van der Waals surface area contributed by atoms with Gasteiger partial charge in [-0.3, -0.25) is 10.1 Å². The summed E-state index contributed by atoms with van der Waals surface area (Å²) in [7, 11) is -3.32. The minimum Gasteiger partial charge on any atom is -0.368 e. The molecule has 0 aliphatic carbocycles. The molecule has 0 saturated heterocycles. The maximum atomic E-state index is 12.1. The summed E-state index contributed by atoms with van der Waals surface area (Å²) >= 11 is 0. The first kappa shape index (κ1) is 14.0. The Kier molecular flexibility index (Phi) is 3.64. The summed E-state index contributed by atoms with van der Waals surface area (Å²) in [5.74, 6) is -0.591. The normalized spacial score (nSPS) is 24.7. The molecule has 0 spiro atoms. The smallest absolute Gasteiger partial charge is 0.242 e. The Hall–Kier alpha value is -1.40. The molecule has 1 atom stereocenters. The van der Waals surface area contributed by atoms with Crippen LogP contribution in [0.1, 0.15) is 25.3 Å². The molecule has 1 heterocycles. The fourth-order valence-electron chi connectivity index (χ4n) is 2.49. The van der Waals surface area contributed by atoms with Crippen LogP contribution >= 0.6 is 0 Å². The molecule has 104 valence electrons. The molecular weight excluding hydrogens is 264 g/mol. The van der Waals surface area contributed by atoms with Crippen LogP contribution in [0.2, 0.25) is 0 Å². The van der Waals surface area contributed by atoms with Gasteiger partial charge in [-0.15, -0.1) is 0 Å². The van der Waals surface area contributed by atoms with Crippen LogP contribution in [0, 0.1) is 0 Å². The predicted octanol–water partition coefficient (Wildman–Crippen LogP) is 0.544. The van der Waals surface area contributed by atoms with Gasteiger partial charge in [0.1, 0.15) is 5.54 Å². The number of nitrogens with two attached hydrogens (primary N) is 1. The molecule has 1 aromatic rings. The maximum absolute atomic E-state index is 12.1. The second-order valence-electron chi connectivity index (χ2n) is 4.76. The van der Waals surface area contributed by atoms with Crippen molar-refractivity contribution in [2.24, 2.45) is 5.73 Å². The van der Waals surface area contributed by atoms with Gasteiger partial charge in [0.25, 0.3) is 0 Å². The summed E-state index contributed by atoms with van der Waals surface area (Å²) < 4.78 is 24.2. The van der Waals surface area contributed by atoms with Crippen molar-refractivity contribution in [3.63, 3.8) is 0 Å². The number of sulfone groups is 1. The summed E-state index contributed by atoms with van der Waals surface area (Å²) in [6.07, 6.45) is 1.02. The van der Waals surface area contributed by atoms with E-state index in [1.54, 1.807) is 18.2 Å². The molecule has 1 amide bonds. The SMILES string of the molecule is CCCNC1(C(N)=O)CCS(=O)(=O)c2ccccc21. The Morgan fingerprint density at radius 2 is 2.11 bits per heavy atom. The van der Waals surface area contributed by atoms with Gasteiger partial charge in [-0.2, -0.15) is 0 Å². The minimum absolute atomic E-state index is 0.0658. The minimum atomic E-state index is -3.32. The number of fused-ring (bicyclic) bond motifs is 1. The van der Waals surface area contributed by atoms with Crippen molar-refractivity contribution < 1.29 is 13.2 Å². The number of nitrogens with one attached hydrogen (secondary N) is 1. The van der Waals surface area contributed by atoms with Crippen molar-refractivity contribution in [1.82, 2.24) is 5.32 Å². The number of primary amides is 1. The van der Waals surface area contributed by atoms with Crippen molar-refractivity contribution >= 4 is 15.7 Å². The Bertz CT molecular complexity index is 598. The molecule has 0 fully saturated rings. The molecule has 2 rings (SSSR count). The fourth-order valence-corrected chi connectivity index (χ4v) is 4.15. The van der Waals surface area contributed by atoms with E-state index in [2.05, 4.69) is 5.32 Å². The Morgan fingerprint density at radius 3 is 2.74 bits per heavy atom. The number of carbonyl (C=O) groups excluding carboxylic acids is 1. The maximum Gasteiger partial charge on any atom is 0.242 e. The molecule has 1 aliphatic rings. The van der Waals surface area contributed by atoms with E-state index in [1.807, 2.05) is 6.92 Å². The first-order valence-corrected chi connectivity index (χ1v) is 7.96. The van der Waals surface area contributed by atoms with Gasteiger partial charge < -0.3 is 5.73 Å². The highest BCUT2D eigenvalue weighted by Crippen LogP contribution is 2.36. The van der Waals surface area contributed by atoms with Crippen molar-refractivity contribution in [2.45, 2.75) is 30.2 Å². The first-order chi connectivity index (χ1) is 8.94. The Balaban J connectivity index is 2.62. The predicted molar refractivity (Wildman–Crippen MR) is 72.3 cm³/mol. The second-order valence-corrected chi connectivity index (χ2v) is 6.84. The highest BCUT2D eigenvalue weighted by atomic mass is 32.2. The molecule has 1 unspecified atom stereocenters. The van der Waals surface area contributed by atoms with E-state index in [-0.39, 0.29) is 17.1 Å². The number of benzene rings is 1. The van der Waals surface area contributed by atoms with Crippen LogP contribution in [-0.4, -0.2) is 26.6 Å². The van der Waals surface area contributed by atoms with Crippen LogP contribution in [0.25, 0.3) is 0 Å². The second kappa shape index (κ2) is 4.94. The van der Waals surface area contributed by atoms with Gasteiger partial charge in [0.2, 0.25) is 5.91 Å². The lowest BCUT2D eigenvalue weighted by Crippen LogP contribution is -2.56. The van der Waals surface area contributed by atoms with Crippen LogP contribution in [0.3, 0.4) is 0 Å². The monoisotopic (exact) mass is 282 g/mol. The first-order valence-electron chi connectivity index (χ1n) is 6.31.